The molecule has 2 aromatic carbocycles. The zero-order chi connectivity index (χ0) is 20.4. The van der Waals surface area contributed by atoms with Crippen LogP contribution >= 0.6 is 0 Å². The first-order valence-electron chi connectivity index (χ1n) is 8.99. The van der Waals surface area contributed by atoms with Crippen molar-refractivity contribution in [2.45, 2.75) is 26.0 Å². The number of rotatable bonds is 9. The topological polar surface area (TPSA) is 73.9 Å². The van der Waals surface area contributed by atoms with Gasteiger partial charge in [-0.05, 0) is 35.8 Å². The van der Waals surface area contributed by atoms with Crippen molar-refractivity contribution in [2.24, 2.45) is 0 Å². The third-order valence-corrected chi connectivity index (χ3v) is 4.02. The van der Waals surface area contributed by atoms with Gasteiger partial charge in [0.05, 0.1) is 13.7 Å². The van der Waals surface area contributed by atoms with Gasteiger partial charge in [0.25, 0.3) is 0 Å². The number of alkyl carbamates (subject to hydrolysis) is 1. The van der Waals surface area contributed by atoms with E-state index in [2.05, 4.69) is 11.9 Å². The maximum absolute atomic E-state index is 12.3. The van der Waals surface area contributed by atoms with Gasteiger partial charge < -0.3 is 19.5 Å². The summed E-state index contributed by atoms with van der Waals surface area (Å²) in [6.45, 7) is 6.06. The monoisotopic (exact) mass is 383 g/mol. The largest absolute Gasteiger partial charge is 0.497 e. The Morgan fingerprint density at radius 1 is 1.04 bits per heavy atom. The van der Waals surface area contributed by atoms with Crippen molar-refractivity contribution in [3.05, 3.63) is 72.3 Å². The SMILES string of the molecule is C=C(C[C@@H](NC(=O)OCc1ccccc1)C(=O)OCC)c1ccc(OC)cc1. The first-order chi connectivity index (χ1) is 13.5. The Morgan fingerprint density at radius 3 is 2.32 bits per heavy atom. The molecule has 1 N–H and O–H groups in total. The van der Waals surface area contributed by atoms with E-state index in [4.69, 9.17) is 14.2 Å². The number of methoxy groups -OCH3 is 1. The highest BCUT2D eigenvalue weighted by Gasteiger charge is 2.24. The van der Waals surface area contributed by atoms with Crippen LogP contribution in [0.25, 0.3) is 5.57 Å². The molecule has 6 nitrogen and oxygen atoms in total. The van der Waals surface area contributed by atoms with E-state index in [1.54, 1.807) is 26.2 Å². The average Bonchev–Trinajstić information content (AvgIpc) is 2.72. The highest BCUT2D eigenvalue weighted by molar-refractivity contribution is 5.83. The molecule has 28 heavy (non-hydrogen) atoms. The van der Waals surface area contributed by atoms with Gasteiger partial charge in [0, 0.05) is 6.42 Å². The number of hydrogen-bond acceptors (Lipinski definition) is 5. The van der Waals surface area contributed by atoms with E-state index in [1.165, 1.54) is 0 Å². The fraction of sp³-hybridized carbons (Fsp3) is 0.273. The fourth-order valence-corrected chi connectivity index (χ4v) is 2.53. The van der Waals surface area contributed by atoms with Crippen LogP contribution in [0.4, 0.5) is 4.79 Å². The normalized spacial score (nSPS) is 11.2. The molecule has 148 valence electrons. The second-order valence-corrected chi connectivity index (χ2v) is 6.05. The van der Waals surface area contributed by atoms with Crippen molar-refractivity contribution in [1.82, 2.24) is 5.32 Å². The minimum absolute atomic E-state index is 0.113. The van der Waals surface area contributed by atoms with Crippen LogP contribution in [-0.2, 0) is 20.9 Å². The number of nitrogens with one attached hydrogen (secondary N) is 1. The summed E-state index contributed by atoms with van der Waals surface area (Å²) in [7, 11) is 1.59. The summed E-state index contributed by atoms with van der Waals surface area (Å²) in [5, 5.41) is 2.57. The maximum atomic E-state index is 12.3. The highest BCUT2D eigenvalue weighted by Crippen LogP contribution is 2.21. The summed E-state index contributed by atoms with van der Waals surface area (Å²) in [6.07, 6.45) is -0.490. The molecule has 0 saturated carbocycles. The molecule has 0 aliphatic heterocycles. The second kappa shape index (κ2) is 10.8. The number of carbonyl (C=O) groups is 2. The van der Waals surface area contributed by atoms with Crippen LogP contribution < -0.4 is 10.1 Å². The van der Waals surface area contributed by atoms with E-state index in [0.717, 1.165) is 16.9 Å². The van der Waals surface area contributed by atoms with Gasteiger partial charge in [-0.3, -0.25) is 0 Å². The van der Waals surface area contributed by atoms with Gasteiger partial charge in [-0.25, -0.2) is 9.59 Å². The predicted molar refractivity (Wildman–Crippen MR) is 107 cm³/mol. The Bertz CT molecular complexity index is 786. The molecule has 1 atom stereocenters. The molecule has 0 aliphatic carbocycles. The van der Waals surface area contributed by atoms with Crippen LogP contribution in [0.3, 0.4) is 0 Å². The van der Waals surface area contributed by atoms with Crippen LogP contribution in [0, 0.1) is 0 Å². The van der Waals surface area contributed by atoms with Crippen molar-refractivity contribution < 1.29 is 23.8 Å². The summed E-state index contributed by atoms with van der Waals surface area (Å²) in [5.74, 6) is 0.190. The molecule has 2 aromatic rings. The first-order valence-corrected chi connectivity index (χ1v) is 8.99. The quantitative estimate of drug-likeness (QED) is 0.664. The van der Waals surface area contributed by atoms with Gasteiger partial charge in [0.2, 0.25) is 0 Å². The van der Waals surface area contributed by atoms with Crippen molar-refractivity contribution in [3.63, 3.8) is 0 Å². The predicted octanol–water partition coefficient (Wildman–Crippen LogP) is 3.96. The van der Waals surface area contributed by atoms with Gasteiger partial charge in [-0.15, -0.1) is 0 Å². The fourth-order valence-electron chi connectivity index (χ4n) is 2.53. The zero-order valence-corrected chi connectivity index (χ0v) is 16.1. The molecule has 0 bridgehead atoms. The lowest BCUT2D eigenvalue weighted by Crippen LogP contribution is -2.42. The first kappa shape index (κ1) is 21.0. The van der Waals surface area contributed by atoms with Crippen molar-refractivity contribution in [3.8, 4) is 5.75 Å². The summed E-state index contributed by atoms with van der Waals surface area (Å²) in [6, 6.07) is 15.7. The Hall–Kier alpha value is -3.28. The van der Waals surface area contributed by atoms with Crippen LogP contribution in [0.1, 0.15) is 24.5 Å². The third kappa shape index (κ3) is 6.46. The van der Waals surface area contributed by atoms with E-state index >= 15 is 0 Å². The molecule has 1 amide bonds. The lowest BCUT2D eigenvalue weighted by molar-refractivity contribution is -0.145. The number of hydrogen-bond donors (Lipinski definition) is 1. The summed E-state index contributed by atoms with van der Waals surface area (Å²) in [5.41, 5.74) is 2.38. The van der Waals surface area contributed by atoms with Gasteiger partial charge in [-0.1, -0.05) is 49.0 Å². The van der Waals surface area contributed by atoms with E-state index < -0.39 is 18.1 Å². The molecule has 2 rings (SSSR count). The second-order valence-electron chi connectivity index (χ2n) is 6.05. The van der Waals surface area contributed by atoms with Gasteiger partial charge in [0.1, 0.15) is 18.4 Å². The molecule has 6 heteroatoms. The number of ether oxygens (including phenoxy) is 3. The summed E-state index contributed by atoms with van der Waals surface area (Å²) >= 11 is 0. The van der Waals surface area contributed by atoms with E-state index in [0.29, 0.717) is 5.57 Å². The summed E-state index contributed by atoms with van der Waals surface area (Å²) in [4.78, 5) is 24.4. The van der Waals surface area contributed by atoms with Crippen LogP contribution in [0.15, 0.2) is 61.2 Å². The minimum atomic E-state index is -0.891. The summed E-state index contributed by atoms with van der Waals surface area (Å²) < 4.78 is 15.4. The molecule has 0 spiro atoms. The number of esters is 1. The Morgan fingerprint density at radius 2 is 1.71 bits per heavy atom. The average molecular weight is 383 g/mol. The molecular weight excluding hydrogens is 358 g/mol. The van der Waals surface area contributed by atoms with Crippen LogP contribution in [0.5, 0.6) is 5.75 Å². The Kier molecular flexibility index (Phi) is 8.09. The van der Waals surface area contributed by atoms with Gasteiger partial charge in [-0.2, -0.15) is 0 Å². The zero-order valence-electron chi connectivity index (χ0n) is 16.1. The van der Waals surface area contributed by atoms with Crippen molar-refractivity contribution in [1.29, 1.82) is 0 Å². The van der Waals surface area contributed by atoms with E-state index in [9.17, 15) is 9.59 Å². The lowest BCUT2D eigenvalue weighted by atomic mass is 10.00. The lowest BCUT2D eigenvalue weighted by Gasteiger charge is -2.18. The highest BCUT2D eigenvalue weighted by atomic mass is 16.6. The van der Waals surface area contributed by atoms with Gasteiger partial charge >= 0.3 is 12.1 Å². The number of benzene rings is 2. The smallest absolute Gasteiger partial charge is 0.408 e. The number of amides is 1. The molecule has 0 saturated heterocycles. The molecule has 0 unspecified atom stereocenters. The maximum Gasteiger partial charge on any atom is 0.408 e. The molecule has 0 radical (unpaired) electrons. The third-order valence-electron chi connectivity index (χ3n) is 4.02. The molecule has 0 fully saturated rings. The van der Waals surface area contributed by atoms with Crippen LogP contribution in [-0.4, -0.2) is 31.8 Å². The number of carbonyl (C=O) groups excluding carboxylic acids is 2. The van der Waals surface area contributed by atoms with Crippen molar-refractivity contribution >= 4 is 17.6 Å². The minimum Gasteiger partial charge on any atom is -0.497 e. The molecular formula is C22H25NO5. The standard InChI is InChI=1S/C22H25NO5/c1-4-27-21(24)20(14-16(2)18-10-12-19(26-3)13-11-18)23-22(25)28-15-17-8-6-5-7-9-17/h5-13,20H,2,4,14-15H2,1,3H3,(H,23,25)/t20-/m1/s1. The van der Waals surface area contributed by atoms with Crippen LogP contribution in [0.2, 0.25) is 0 Å². The van der Waals surface area contributed by atoms with E-state index in [1.807, 2.05) is 42.5 Å². The Balaban J connectivity index is 1.98. The van der Waals surface area contributed by atoms with Crippen molar-refractivity contribution in [2.75, 3.05) is 13.7 Å². The molecule has 0 heterocycles. The molecule has 0 aromatic heterocycles. The molecule has 0 aliphatic rings. The van der Waals surface area contributed by atoms with Gasteiger partial charge in [0.15, 0.2) is 0 Å². The van der Waals surface area contributed by atoms with E-state index in [-0.39, 0.29) is 19.6 Å². The Labute approximate surface area is 165 Å².